The average molecular weight is 452 g/mol. The third-order valence-corrected chi connectivity index (χ3v) is 3.92. The first kappa shape index (κ1) is 19.6. The Kier molecular flexibility index (Phi) is 6.35. The summed E-state index contributed by atoms with van der Waals surface area (Å²) in [5, 5.41) is 1.14. The number of nitrogens with zero attached hydrogens (tertiary/aromatic N) is 1. The molecule has 0 saturated carbocycles. The van der Waals surface area contributed by atoms with E-state index in [4.69, 9.17) is 9.47 Å². The molecule has 0 aliphatic heterocycles. The summed E-state index contributed by atoms with van der Waals surface area (Å²) in [6, 6.07) is 14.2. The fraction of sp³-hybridized carbons (Fsp3) is 0.300. The highest BCUT2D eigenvalue weighted by atomic mass is 127. The second-order valence-electron chi connectivity index (χ2n) is 7.08. The van der Waals surface area contributed by atoms with Crippen molar-refractivity contribution in [1.82, 2.24) is 4.98 Å². The number of hydrogen-bond donors (Lipinski definition) is 1. The summed E-state index contributed by atoms with van der Waals surface area (Å²) in [5.41, 5.74) is 3.45. The fourth-order valence-corrected chi connectivity index (χ4v) is 2.88. The molecular formula is C20H25IN2O2. The number of ether oxygens (including phenoxy) is 2. The van der Waals surface area contributed by atoms with Crippen LogP contribution in [-0.2, 0) is 13.2 Å². The Morgan fingerprint density at radius 3 is 2.40 bits per heavy atom. The van der Waals surface area contributed by atoms with Crippen LogP contribution in [0.4, 0.5) is 0 Å². The predicted octanol–water partition coefficient (Wildman–Crippen LogP) is 0.966. The van der Waals surface area contributed by atoms with Gasteiger partial charge >= 0.3 is 0 Å². The van der Waals surface area contributed by atoms with E-state index in [2.05, 4.69) is 44.5 Å². The number of rotatable bonds is 6. The van der Waals surface area contributed by atoms with Crippen molar-refractivity contribution >= 4 is 10.9 Å². The quantitative estimate of drug-likeness (QED) is 0.447. The lowest BCUT2D eigenvalue weighted by atomic mass is 10.1. The van der Waals surface area contributed by atoms with E-state index < -0.39 is 0 Å². The molecule has 0 spiro atoms. The molecular weight excluding hydrogens is 427 g/mol. The molecule has 25 heavy (non-hydrogen) atoms. The topological polar surface area (TPSA) is 34.2 Å². The van der Waals surface area contributed by atoms with Crippen molar-refractivity contribution in [3.63, 3.8) is 0 Å². The van der Waals surface area contributed by atoms with Crippen LogP contribution in [0.5, 0.6) is 11.5 Å². The zero-order valence-corrected chi connectivity index (χ0v) is 17.3. The van der Waals surface area contributed by atoms with Crippen LogP contribution >= 0.6 is 0 Å². The predicted molar refractivity (Wildman–Crippen MR) is 97.4 cm³/mol. The molecule has 5 heteroatoms. The highest BCUT2D eigenvalue weighted by Gasteiger charge is 2.17. The molecule has 4 nitrogen and oxygen atoms in total. The van der Waals surface area contributed by atoms with E-state index in [-0.39, 0.29) is 24.0 Å². The second-order valence-corrected chi connectivity index (χ2v) is 7.08. The summed E-state index contributed by atoms with van der Waals surface area (Å²) in [5.74, 6) is 1.65. The Labute approximate surface area is 166 Å². The van der Waals surface area contributed by atoms with Crippen LogP contribution in [0.2, 0.25) is 0 Å². The van der Waals surface area contributed by atoms with Gasteiger partial charge in [0.15, 0.2) is 0 Å². The fourth-order valence-electron chi connectivity index (χ4n) is 2.88. The smallest absolute Gasteiger partial charge is 0.133 e. The molecule has 0 radical (unpaired) electrons. The first-order chi connectivity index (χ1) is 11.5. The molecule has 1 N–H and O–H groups in total. The first-order valence-electron chi connectivity index (χ1n) is 8.11. The minimum Gasteiger partial charge on any atom is -1.00 e. The second kappa shape index (κ2) is 8.10. The number of nitrogens with one attached hydrogen (secondary N) is 1. The van der Waals surface area contributed by atoms with Gasteiger partial charge in [-0.25, -0.2) is 0 Å². The number of benzene rings is 2. The molecule has 3 aromatic rings. The number of halogens is 1. The largest absolute Gasteiger partial charge is 1.00 e. The van der Waals surface area contributed by atoms with Crippen molar-refractivity contribution < 1.29 is 37.9 Å². The van der Waals surface area contributed by atoms with Gasteiger partial charge in [-0.15, -0.1) is 0 Å². The summed E-state index contributed by atoms with van der Waals surface area (Å²) in [6.45, 7) is 1.46. The third-order valence-electron chi connectivity index (χ3n) is 3.92. The van der Waals surface area contributed by atoms with Gasteiger partial charge < -0.3 is 42.9 Å². The van der Waals surface area contributed by atoms with E-state index >= 15 is 0 Å². The average Bonchev–Trinajstić information content (AvgIpc) is 2.94. The van der Waals surface area contributed by atoms with Gasteiger partial charge in [0.25, 0.3) is 0 Å². The maximum atomic E-state index is 6.15. The number of hydrogen-bond acceptors (Lipinski definition) is 2. The van der Waals surface area contributed by atoms with E-state index in [1.54, 1.807) is 7.11 Å². The van der Waals surface area contributed by atoms with Crippen LogP contribution in [0, 0.1) is 0 Å². The molecule has 0 fully saturated rings. The van der Waals surface area contributed by atoms with Crippen molar-refractivity contribution in [2.45, 2.75) is 13.2 Å². The molecule has 1 heterocycles. The number of aromatic amines is 1. The van der Waals surface area contributed by atoms with Gasteiger partial charge in [0, 0.05) is 23.9 Å². The zero-order chi connectivity index (χ0) is 17.2. The molecule has 0 amide bonds. The summed E-state index contributed by atoms with van der Waals surface area (Å²) in [7, 11) is 8.24. The van der Waals surface area contributed by atoms with E-state index in [1.165, 1.54) is 5.56 Å². The molecule has 0 atom stereocenters. The number of H-pyrrole nitrogens is 1. The van der Waals surface area contributed by atoms with Crippen molar-refractivity contribution in [3.05, 3.63) is 59.8 Å². The highest BCUT2D eigenvalue weighted by Crippen LogP contribution is 2.35. The monoisotopic (exact) mass is 452 g/mol. The van der Waals surface area contributed by atoms with Crippen molar-refractivity contribution in [3.8, 4) is 11.5 Å². The third kappa shape index (κ3) is 4.89. The maximum Gasteiger partial charge on any atom is 0.133 e. The summed E-state index contributed by atoms with van der Waals surface area (Å²) < 4.78 is 12.4. The van der Waals surface area contributed by atoms with Crippen molar-refractivity contribution in [2.75, 3.05) is 28.3 Å². The van der Waals surface area contributed by atoms with E-state index in [9.17, 15) is 0 Å². The van der Waals surface area contributed by atoms with Gasteiger partial charge in [-0.05, 0) is 5.56 Å². The molecule has 3 rings (SSSR count). The van der Waals surface area contributed by atoms with Crippen LogP contribution < -0.4 is 33.5 Å². The summed E-state index contributed by atoms with van der Waals surface area (Å²) in [4.78, 5) is 3.35. The van der Waals surface area contributed by atoms with Gasteiger partial charge in [-0.1, -0.05) is 30.3 Å². The first-order valence-corrected chi connectivity index (χ1v) is 8.11. The van der Waals surface area contributed by atoms with Gasteiger partial charge in [0.2, 0.25) is 0 Å². The Hall–Kier alpha value is -1.73. The molecule has 0 aliphatic carbocycles. The van der Waals surface area contributed by atoms with Crippen LogP contribution in [-0.4, -0.2) is 37.7 Å². The molecule has 134 valence electrons. The lowest BCUT2D eigenvalue weighted by Gasteiger charge is -2.23. The lowest BCUT2D eigenvalue weighted by molar-refractivity contribution is -0.883. The molecule has 0 aliphatic rings. The Morgan fingerprint density at radius 2 is 1.76 bits per heavy atom. The van der Waals surface area contributed by atoms with Crippen LogP contribution in [0.1, 0.15) is 11.1 Å². The van der Waals surface area contributed by atoms with Crippen LogP contribution in [0.3, 0.4) is 0 Å². The zero-order valence-electron chi connectivity index (χ0n) is 15.2. The molecule has 0 saturated heterocycles. The molecule has 1 aromatic heterocycles. The van der Waals surface area contributed by atoms with Crippen LogP contribution in [0.25, 0.3) is 10.9 Å². The van der Waals surface area contributed by atoms with Gasteiger partial charge in [-0.2, -0.15) is 0 Å². The molecule has 2 aromatic carbocycles. The van der Waals surface area contributed by atoms with E-state index in [1.807, 2.05) is 30.3 Å². The number of fused-ring (bicyclic) bond motifs is 1. The van der Waals surface area contributed by atoms with Gasteiger partial charge in [0.05, 0.1) is 39.2 Å². The minimum atomic E-state index is 0. The molecule has 0 bridgehead atoms. The Balaban J connectivity index is 0.00000225. The highest BCUT2D eigenvalue weighted by molar-refractivity contribution is 5.90. The Bertz CT molecular complexity index is 823. The van der Waals surface area contributed by atoms with Crippen LogP contribution in [0.15, 0.2) is 48.7 Å². The van der Waals surface area contributed by atoms with Crippen molar-refractivity contribution in [1.29, 1.82) is 0 Å². The minimum absolute atomic E-state index is 0. The van der Waals surface area contributed by atoms with Gasteiger partial charge in [0.1, 0.15) is 24.7 Å². The van der Waals surface area contributed by atoms with E-state index in [0.29, 0.717) is 6.61 Å². The summed E-state index contributed by atoms with van der Waals surface area (Å²) >= 11 is 0. The van der Waals surface area contributed by atoms with Gasteiger partial charge in [-0.3, -0.25) is 0 Å². The standard InChI is InChI=1S/C20H25N2O2.HI/c1-22(2,3)13-16-12-21-18-10-17(23-4)11-19(20(16)18)24-14-15-8-6-5-7-9-15;/h5-12,21H,13-14H2,1-4H3;1H/q+1;/p-1. The number of methoxy groups -OCH3 is 1. The Morgan fingerprint density at radius 1 is 1.04 bits per heavy atom. The number of aromatic nitrogens is 1. The number of quaternary nitrogens is 1. The SMILES string of the molecule is COc1cc(OCc2ccccc2)c2c(C[N+](C)(C)C)c[nH]c2c1.[I-]. The summed E-state index contributed by atoms with van der Waals surface area (Å²) in [6.07, 6.45) is 2.07. The molecule has 0 unspecified atom stereocenters. The lowest BCUT2D eigenvalue weighted by Crippen LogP contribution is -3.00. The van der Waals surface area contributed by atoms with Crippen molar-refractivity contribution in [2.24, 2.45) is 0 Å². The maximum absolute atomic E-state index is 6.15. The van der Waals surface area contributed by atoms with E-state index in [0.717, 1.165) is 39.0 Å². The normalized spacial score (nSPS) is 11.2.